The van der Waals surface area contributed by atoms with Gasteiger partial charge in [0, 0.05) is 6.10 Å². The van der Waals surface area contributed by atoms with Crippen LogP contribution in [-0.4, -0.2) is 13.8 Å². The lowest BCUT2D eigenvalue weighted by atomic mass is 10.3. The van der Waals surface area contributed by atoms with Crippen LogP contribution in [0.15, 0.2) is 0 Å². The van der Waals surface area contributed by atoms with E-state index >= 15 is 0 Å². The third-order valence-electron chi connectivity index (χ3n) is 0.910. The second-order valence-corrected chi connectivity index (χ2v) is 5.46. The van der Waals surface area contributed by atoms with E-state index < -0.39 is 7.66 Å². The fourth-order valence-electron chi connectivity index (χ4n) is 0.272. The maximum atomic E-state index is 5.43. The predicted molar refractivity (Wildman–Crippen MR) is 39.7 cm³/mol. The van der Waals surface area contributed by atoms with Gasteiger partial charge in [0.25, 0.3) is 0 Å². The molecule has 8 heavy (non-hydrogen) atoms. The molecule has 0 aromatic heterocycles. The van der Waals surface area contributed by atoms with Crippen LogP contribution >= 0.6 is 22.2 Å². The number of rotatable bonds is 3. The minimum atomic E-state index is -1.80. The fraction of sp³-hybridized carbons (Fsp3) is 1.00. The molecule has 1 nitrogen and oxygen atoms in total. The molecule has 0 spiro atoms. The summed E-state index contributed by atoms with van der Waals surface area (Å²) in [5.41, 5.74) is 0. The first-order valence-corrected chi connectivity index (χ1v) is 6.56. The average Bonchev–Trinajstić information content (AvgIpc) is 1.65. The van der Waals surface area contributed by atoms with Gasteiger partial charge in [0.2, 0.25) is 0 Å². The van der Waals surface area contributed by atoms with Crippen LogP contribution in [0.3, 0.4) is 0 Å². The lowest BCUT2D eigenvalue weighted by molar-refractivity contribution is 0.232. The first kappa shape index (κ1) is 8.76. The lowest BCUT2D eigenvalue weighted by Crippen LogP contribution is -2.12. The molecule has 0 fully saturated rings. The van der Waals surface area contributed by atoms with Crippen molar-refractivity contribution >= 4 is 29.8 Å². The Labute approximate surface area is 61.1 Å². The van der Waals surface area contributed by atoms with Crippen LogP contribution in [0.1, 0.15) is 20.3 Å². The molecule has 0 aromatic carbocycles. The summed E-state index contributed by atoms with van der Waals surface area (Å²) in [6.45, 7) is 4.00. The Hall–Kier alpha value is 0.757. The third-order valence-corrected chi connectivity index (χ3v) is 2.20. The van der Waals surface area contributed by atoms with Gasteiger partial charge in [0.1, 0.15) is 0 Å². The molecule has 0 aromatic rings. The molecule has 0 aliphatic heterocycles. The molecule has 0 amide bonds. The molecular formula is C4H10Cl2OSi. The topological polar surface area (TPSA) is 9.23 Å². The number of halogens is 2. The van der Waals surface area contributed by atoms with E-state index in [4.69, 9.17) is 26.6 Å². The molecule has 0 saturated carbocycles. The van der Waals surface area contributed by atoms with Crippen molar-refractivity contribution in [3.05, 3.63) is 0 Å². The second kappa shape index (κ2) is 4.62. The minimum absolute atomic E-state index is 0.224. The Morgan fingerprint density at radius 1 is 1.62 bits per heavy atom. The van der Waals surface area contributed by atoms with Crippen LogP contribution in [0.25, 0.3) is 0 Å². The Bertz CT molecular complexity index is 60.0. The van der Waals surface area contributed by atoms with Crippen LogP contribution in [0.2, 0.25) is 0 Å². The quantitative estimate of drug-likeness (QED) is 0.468. The Kier molecular flexibility index (Phi) is 5.06. The smallest absolute Gasteiger partial charge is 0.373 e. The summed E-state index contributed by atoms with van der Waals surface area (Å²) in [7, 11) is -1.80. The zero-order valence-corrected chi connectivity index (χ0v) is 7.69. The first-order chi connectivity index (χ1) is 3.66. The van der Waals surface area contributed by atoms with Crippen molar-refractivity contribution in [3.8, 4) is 0 Å². The summed E-state index contributed by atoms with van der Waals surface area (Å²) in [6, 6.07) is 0. The molecule has 1 atom stereocenters. The van der Waals surface area contributed by atoms with E-state index in [0.717, 1.165) is 6.42 Å². The summed E-state index contributed by atoms with van der Waals surface area (Å²) in [4.78, 5) is 0. The molecule has 0 aliphatic rings. The van der Waals surface area contributed by atoms with E-state index in [1.165, 1.54) is 0 Å². The SMILES string of the molecule is CCC(C)O[SiH](Cl)Cl. The molecular weight excluding hydrogens is 163 g/mol. The Morgan fingerprint density at radius 3 is 2.25 bits per heavy atom. The Balaban J connectivity index is 3.10. The van der Waals surface area contributed by atoms with Crippen LogP contribution in [0.5, 0.6) is 0 Å². The van der Waals surface area contributed by atoms with Crippen LogP contribution < -0.4 is 0 Å². The van der Waals surface area contributed by atoms with Crippen LogP contribution in [0.4, 0.5) is 0 Å². The number of hydrogen-bond donors (Lipinski definition) is 0. The summed E-state index contributed by atoms with van der Waals surface area (Å²) in [5.74, 6) is 0. The van der Waals surface area contributed by atoms with Crippen molar-refractivity contribution in [1.29, 1.82) is 0 Å². The van der Waals surface area contributed by atoms with Gasteiger partial charge < -0.3 is 4.43 Å². The molecule has 0 rings (SSSR count). The molecule has 1 unspecified atom stereocenters. The molecule has 0 aliphatic carbocycles. The van der Waals surface area contributed by atoms with Crippen LogP contribution in [0, 0.1) is 0 Å². The van der Waals surface area contributed by atoms with Gasteiger partial charge >= 0.3 is 7.66 Å². The average molecular weight is 173 g/mol. The van der Waals surface area contributed by atoms with Gasteiger partial charge in [-0.1, -0.05) is 6.92 Å². The van der Waals surface area contributed by atoms with Crippen molar-refractivity contribution in [1.82, 2.24) is 0 Å². The molecule has 0 N–H and O–H groups in total. The van der Waals surface area contributed by atoms with E-state index in [1.807, 2.05) is 13.8 Å². The zero-order valence-electron chi connectivity index (χ0n) is 5.03. The highest BCUT2D eigenvalue weighted by atomic mass is 35.7. The van der Waals surface area contributed by atoms with Crippen molar-refractivity contribution in [3.63, 3.8) is 0 Å². The van der Waals surface area contributed by atoms with Gasteiger partial charge in [0.15, 0.2) is 0 Å². The maximum Gasteiger partial charge on any atom is 0.373 e. The standard InChI is InChI=1S/C4H10Cl2OSi/c1-3-4(2)7-8(5)6/h4,8H,3H2,1-2H3. The monoisotopic (exact) mass is 172 g/mol. The van der Waals surface area contributed by atoms with Crippen molar-refractivity contribution in [2.75, 3.05) is 0 Å². The van der Waals surface area contributed by atoms with Crippen molar-refractivity contribution < 1.29 is 4.43 Å². The van der Waals surface area contributed by atoms with E-state index in [9.17, 15) is 0 Å². The van der Waals surface area contributed by atoms with Crippen molar-refractivity contribution in [2.24, 2.45) is 0 Å². The second-order valence-electron chi connectivity index (χ2n) is 1.62. The first-order valence-electron chi connectivity index (χ1n) is 2.60. The van der Waals surface area contributed by atoms with E-state index in [1.54, 1.807) is 0 Å². The molecule has 0 saturated heterocycles. The van der Waals surface area contributed by atoms with Crippen molar-refractivity contribution in [2.45, 2.75) is 26.4 Å². The third kappa shape index (κ3) is 4.90. The molecule has 0 radical (unpaired) electrons. The zero-order chi connectivity index (χ0) is 6.57. The predicted octanol–water partition coefficient (Wildman–Crippen LogP) is 2.00. The fourth-order valence-corrected chi connectivity index (χ4v) is 1.87. The van der Waals surface area contributed by atoms with E-state index in [-0.39, 0.29) is 6.10 Å². The lowest BCUT2D eigenvalue weighted by Gasteiger charge is -2.08. The summed E-state index contributed by atoms with van der Waals surface area (Å²) in [5, 5.41) is 0. The summed E-state index contributed by atoms with van der Waals surface area (Å²) >= 11 is 10.9. The van der Waals surface area contributed by atoms with Gasteiger partial charge in [-0.05, 0) is 13.3 Å². The van der Waals surface area contributed by atoms with Gasteiger partial charge in [-0.2, -0.15) is 0 Å². The van der Waals surface area contributed by atoms with E-state index in [2.05, 4.69) is 0 Å². The van der Waals surface area contributed by atoms with Crippen LogP contribution in [-0.2, 0) is 4.43 Å². The van der Waals surface area contributed by atoms with E-state index in [0.29, 0.717) is 0 Å². The van der Waals surface area contributed by atoms with Gasteiger partial charge in [-0.25, -0.2) is 0 Å². The van der Waals surface area contributed by atoms with Gasteiger partial charge in [-0.15, -0.1) is 22.2 Å². The molecule has 0 heterocycles. The Morgan fingerprint density at radius 2 is 2.12 bits per heavy atom. The largest absolute Gasteiger partial charge is 0.392 e. The highest BCUT2D eigenvalue weighted by Crippen LogP contribution is 2.04. The highest BCUT2D eigenvalue weighted by Gasteiger charge is 2.05. The summed E-state index contributed by atoms with van der Waals surface area (Å²) < 4.78 is 5.07. The van der Waals surface area contributed by atoms with Gasteiger partial charge in [0.05, 0.1) is 0 Å². The normalized spacial score (nSPS) is 14.6. The minimum Gasteiger partial charge on any atom is -0.392 e. The van der Waals surface area contributed by atoms with Gasteiger partial charge in [-0.3, -0.25) is 0 Å². The number of hydrogen-bond acceptors (Lipinski definition) is 1. The summed E-state index contributed by atoms with van der Waals surface area (Å²) in [6.07, 6.45) is 1.20. The highest BCUT2D eigenvalue weighted by molar-refractivity contribution is 7.30. The molecule has 50 valence electrons. The maximum absolute atomic E-state index is 5.43. The molecule has 0 bridgehead atoms. The molecule has 4 heteroatoms.